The van der Waals surface area contributed by atoms with Crippen LogP contribution in [0.15, 0.2) is 36.4 Å². The molecule has 0 radical (unpaired) electrons. The van der Waals surface area contributed by atoms with Gasteiger partial charge in [0.1, 0.15) is 18.3 Å². The molecule has 1 N–H and O–H groups in total. The maximum Gasteiger partial charge on any atom is 0.326 e. The van der Waals surface area contributed by atoms with Crippen molar-refractivity contribution in [2.75, 3.05) is 29.9 Å². The quantitative estimate of drug-likeness (QED) is 0.465. The van der Waals surface area contributed by atoms with Crippen molar-refractivity contribution < 1.29 is 27.9 Å². The third-order valence-corrected chi connectivity index (χ3v) is 8.28. The van der Waals surface area contributed by atoms with Crippen LogP contribution in [-0.2, 0) is 27.2 Å². The first-order valence-corrected chi connectivity index (χ1v) is 13.8. The molecule has 0 aromatic heterocycles. The molecule has 1 saturated heterocycles. The topological polar surface area (TPSA) is 79.0 Å². The summed E-state index contributed by atoms with van der Waals surface area (Å²) in [5.41, 5.74) is 2.05. The molecule has 10 heteroatoms. The zero-order chi connectivity index (χ0) is 27.5. The number of benzene rings is 2. The van der Waals surface area contributed by atoms with E-state index in [2.05, 4.69) is 5.32 Å². The van der Waals surface area contributed by atoms with Crippen LogP contribution in [0.1, 0.15) is 43.2 Å². The molecule has 0 unspecified atom stereocenters. The fourth-order valence-corrected chi connectivity index (χ4v) is 6.01. The number of para-hydroxylation sites is 1. The number of likely N-dealkylation sites (tertiary alicyclic amines) is 1. The van der Waals surface area contributed by atoms with Crippen LogP contribution in [0.5, 0.6) is 0 Å². The van der Waals surface area contributed by atoms with Gasteiger partial charge in [0.25, 0.3) is 0 Å². The molecular formula is C29H32ClF2N3O4. The number of ether oxygens (including phenoxy) is 1. The van der Waals surface area contributed by atoms with Gasteiger partial charge in [-0.25, -0.2) is 13.6 Å². The van der Waals surface area contributed by atoms with Crippen LogP contribution in [0, 0.1) is 11.7 Å². The fourth-order valence-electron chi connectivity index (χ4n) is 5.78. The predicted molar refractivity (Wildman–Crippen MR) is 144 cm³/mol. The minimum Gasteiger partial charge on any atom is -0.376 e. The lowest BCUT2D eigenvalue weighted by Crippen LogP contribution is -2.40. The number of carbonyl (C=O) groups is 3. The van der Waals surface area contributed by atoms with Gasteiger partial charge >= 0.3 is 6.03 Å². The number of alkyl halides is 1. The van der Waals surface area contributed by atoms with Gasteiger partial charge in [0.05, 0.1) is 42.4 Å². The van der Waals surface area contributed by atoms with E-state index in [4.69, 9.17) is 16.3 Å². The van der Waals surface area contributed by atoms with E-state index in [9.17, 15) is 18.8 Å². The highest BCUT2D eigenvalue weighted by atomic mass is 35.5. The van der Waals surface area contributed by atoms with E-state index in [1.165, 1.54) is 11.0 Å². The highest BCUT2D eigenvalue weighted by Crippen LogP contribution is 2.32. The Labute approximate surface area is 231 Å². The first kappa shape index (κ1) is 27.5. The van der Waals surface area contributed by atoms with Crippen LogP contribution in [0.2, 0.25) is 5.02 Å². The molecule has 39 heavy (non-hydrogen) atoms. The van der Waals surface area contributed by atoms with E-state index in [0.29, 0.717) is 6.54 Å². The van der Waals surface area contributed by atoms with E-state index in [1.54, 1.807) is 4.90 Å². The van der Waals surface area contributed by atoms with Gasteiger partial charge in [0.2, 0.25) is 5.91 Å². The van der Waals surface area contributed by atoms with Crippen LogP contribution in [-0.4, -0.2) is 61.1 Å². The Kier molecular flexibility index (Phi) is 8.47. The van der Waals surface area contributed by atoms with E-state index in [1.807, 2.05) is 24.3 Å². The summed E-state index contributed by atoms with van der Waals surface area (Å²) in [6, 6.07) is 9.18. The third kappa shape index (κ3) is 6.25. The van der Waals surface area contributed by atoms with Gasteiger partial charge in [-0.15, -0.1) is 0 Å². The smallest absolute Gasteiger partial charge is 0.326 e. The average Bonchev–Trinajstić information content (AvgIpc) is 3.54. The van der Waals surface area contributed by atoms with E-state index >= 15 is 4.39 Å². The summed E-state index contributed by atoms with van der Waals surface area (Å²) in [4.78, 5) is 39.9. The molecular weight excluding hydrogens is 528 g/mol. The lowest BCUT2D eigenvalue weighted by molar-refractivity contribution is -0.133. The van der Waals surface area contributed by atoms with Crippen molar-refractivity contribution in [2.24, 2.45) is 5.92 Å². The summed E-state index contributed by atoms with van der Waals surface area (Å²) < 4.78 is 35.3. The summed E-state index contributed by atoms with van der Waals surface area (Å²) in [5, 5.41) is 2.78. The standard InChI is InChI=1S/C29H32ClF2N3O4/c30-24-11-20(25(32)14-26(24)33-29(38)34-10-9-19-3-1-2-4-27(19)34)12-28(37)35-15-21(31)13-22(35)17-39-23-7-5-18(16-36)6-8-23/h1-4,11,14,16,18,21-23H,5-10,12-13,15,17H2,(H,33,38)/t18?,21-,22-,23?/m0/s1. The molecule has 5 rings (SSSR count). The molecule has 1 saturated carbocycles. The highest BCUT2D eigenvalue weighted by molar-refractivity contribution is 6.34. The van der Waals surface area contributed by atoms with Gasteiger partial charge in [-0.2, -0.15) is 0 Å². The number of hydrogen-bond acceptors (Lipinski definition) is 4. The fraction of sp³-hybridized carbons (Fsp3) is 0.483. The number of halogens is 3. The number of rotatable bonds is 7. The zero-order valence-corrected chi connectivity index (χ0v) is 22.3. The number of amides is 3. The molecule has 0 bridgehead atoms. The lowest BCUT2D eigenvalue weighted by atomic mass is 9.88. The number of nitrogens with one attached hydrogen (secondary N) is 1. The molecule has 0 spiro atoms. The van der Waals surface area contributed by atoms with Crippen LogP contribution in [0.25, 0.3) is 0 Å². The van der Waals surface area contributed by atoms with Crippen molar-refractivity contribution in [2.45, 2.75) is 63.3 Å². The monoisotopic (exact) mass is 559 g/mol. The average molecular weight is 560 g/mol. The number of anilines is 2. The molecule has 3 amide bonds. The van der Waals surface area contributed by atoms with Gasteiger partial charge in [-0.1, -0.05) is 29.8 Å². The number of nitrogens with zero attached hydrogens (tertiary/aromatic N) is 2. The molecule has 7 nitrogen and oxygen atoms in total. The zero-order valence-electron chi connectivity index (χ0n) is 21.6. The molecule has 2 aromatic carbocycles. The number of hydrogen-bond donors (Lipinski definition) is 1. The lowest BCUT2D eigenvalue weighted by Gasteiger charge is -2.29. The molecule has 1 aliphatic carbocycles. The van der Waals surface area contributed by atoms with Gasteiger partial charge in [0.15, 0.2) is 0 Å². The molecule has 2 atom stereocenters. The van der Waals surface area contributed by atoms with E-state index in [-0.39, 0.29) is 54.3 Å². The maximum atomic E-state index is 15.1. The minimum atomic E-state index is -1.17. The predicted octanol–water partition coefficient (Wildman–Crippen LogP) is 5.33. The molecule has 2 heterocycles. The SMILES string of the molecule is O=CC1CCC(OC[C@@H]2C[C@H](F)CN2C(=O)Cc2cc(Cl)c(NC(=O)N3CCc4ccccc43)cc2F)CC1. The second-order valence-electron chi connectivity index (χ2n) is 10.6. The second-order valence-corrected chi connectivity index (χ2v) is 11.0. The van der Waals surface area contributed by atoms with Gasteiger partial charge in [-0.3, -0.25) is 9.69 Å². The number of aldehydes is 1. The van der Waals surface area contributed by atoms with Gasteiger partial charge in [0, 0.05) is 24.6 Å². The summed E-state index contributed by atoms with van der Waals surface area (Å²) in [7, 11) is 0. The number of carbonyl (C=O) groups excluding carboxylic acids is 3. The van der Waals surface area contributed by atoms with Crippen molar-refractivity contribution in [3.63, 3.8) is 0 Å². The first-order chi connectivity index (χ1) is 18.8. The largest absolute Gasteiger partial charge is 0.376 e. The molecule has 208 valence electrons. The summed E-state index contributed by atoms with van der Waals surface area (Å²) in [6.45, 7) is 0.649. The van der Waals surface area contributed by atoms with Crippen LogP contribution < -0.4 is 10.2 Å². The van der Waals surface area contributed by atoms with Crippen molar-refractivity contribution in [3.05, 3.63) is 58.4 Å². The third-order valence-electron chi connectivity index (χ3n) is 7.97. The summed E-state index contributed by atoms with van der Waals surface area (Å²) in [5.74, 6) is -1.02. The number of fused-ring (bicyclic) bond motifs is 1. The molecule has 2 aliphatic heterocycles. The Balaban J connectivity index is 1.19. The molecule has 3 aliphatic rings. The van der Waals surface area contributed by atoms with Gasteiger partial charge in [-0.05, 0) is 61.4 Å². The number of urea groups is 1. The van der Waals surface area contributed by atoms with Crippen LogP contribution in [0.3, 0.4) is 0 Å². The van der Waals surface area contributed by atoms with Crippen molar-refractivity contribution in [3.8, 4) is 0 Å². The minimum absolute atomic E-state index is 0.00939. The normalized spacial score (nSPS) is 24.5. The van der Waals surface area contributed by atoms with Crippen molar-refractivity contribution in [1.82, 2.24) is 4.90 Å². The summed E-state index contributed by atoms with van der Waals surface area (Å²) >= 11 is 6.38. The summed E-state index contributed by atoms with van der Waals surface area (Å²) in [6.07, 6.45) is 3.50. The highest BCUT2D eigenvalue weighted by Gasteiger charge is 2.36. The Morgan fingerprint density at radius 2 is 1.92 bits per heavy atom. The first-order valence-electron chi connectivity index (χ1n) is 13.5. The van der Waals surface area contributed by atoms with Gasteiger partial charge < -0.3 is 19.7 Å². The van der Waals surface area contributed by atoms with Crippen molar-refractivity contribution >= 4 is 41.2 Å². The van der Waals surface area contributed by atoms with E-state index < -0.39 is 30.0 Å². The maximum absolute atomic E-state index is 15.1. The Morgan fingerprint density at radius 3 is 2.69 bits per heavy atom. The molecule has 2 fully saturated rings. The molecule has 2 aromatic rings. The van der Waals surface area contributed by atoms with Crippen LogP contribution >= 0.6 is 11.6 Å². The Morgan fingerprint density at radius 1 is 1.15 bits per heavy atom. The Hall–Kier alpha value is -3.04. The van der Waals surface area contributed by atoms with Crippen molar-refractivity contribution in [1.29, 1.82) is 0 Å². The second kappa shape index (κ2) is 12.0. The van der Waals surface area contributed by atoms with E-state index in [0.717, 1.165) is 55.7 Å². The Bertz CT molecular complexity index is 1240. The van der Waals surface area contributed by atoms with Crippen LogP contribution in [0.4, 0.5) is 25.0 Å².